The van der Waals surface area contributed by atoms with Gasteiger partial charge in [0.05, 0.1) is 0 Å². The Morgan fingerprint density at radius 1 is 1.00 bits per heavy atom. The van der Waals surface area contributed by atoms with Gasteiger partial charge in [-0.05, 0) is 43.4 Å². The molecule has 3 fully saturated rings. The molecule has 3 aliphatic carbocycles. The van der Waals surface area contributed by atoms with Gasteiger partial charge in [0.1, 0.15) is 0 Å². The van der Waals surface area contributed by atoms with E-state index >= 15 is 0 Å². The fraction of sp³-hybridized carbons (Fsp3) is 1.00. The molecule has 1 N–H and O–H groups in total. The Kier molecular flexibility index (Phi) is 1.90. The third-order valence-electron chi connectivity index (χ3n) is 4.63. The maximum Gasteiger partial charge on any atom is 0.0101 e. The van der Waals surface area contributed by atoms with Crippen molar-refractivity contribution in [3.05, 3.63) is 0 Å². The van der Waals surface area contributed by atoms with E-state index in [1.54, 1.807) is 6.42 Å². The van der Waals surface area contributed by atoms with Gasteiger partial charge in [-0.15, -0.1) is 0 Å². The summed E-state index contributed by atoms with van der Waals surface area (Å²) < 4.78 is 0. The second-order valence-electron chi connectivity index (χ2n) is 5.52. The quantitative estimate of drug-likeness (QED) is 0.687. The molecule has 1 heteroatoms. The van der Waals surface area contributed by atoms with Crippen LogP contribution in [0.1, 0.15) is 45.4 Å². The largest absolute Gasteiger partial charge is 0.311 e. The summed E-state index contributed by atoms with van der Waals surface area (Å²) in [6, 6.07) is 1.79. The number of hydrogen-bond donors (Lipinski definition) is 1. The Balaban J connectivity index is 1.54. The van der Waals surface area contributed by atoms with Crippen molar-refractivity contribution in [3.8, 4) is 0 Å². The van der Waals surface area contributed by atoms with Crippen molar-refractivity contribution in [2.45, 2.75) is 57.5 Å². The highest BCUT2D eigenvalue weighted by molar-refractivity contribution is 5.00. The standard InChI is InChI=1S/C12H21N/c1-8-5-6-11(8)13-12-4-2-3-9-7-10(9)12/h8-13H,2-7H2,1H3/t8?,9-,10+,11?,12?/m1/s1. The van der Waals surface area contributed by atoms with Gasteiger partial charge < -0.3 is 5.32 Å². The Morgan fingerprint density at radius 2 is 1.92 bits per heavy atom. The lowest BCUT2D eigenvalue weighted by atomic mass is 9.80. The van der Waals surface area contributed by atoms with Gasteiger partial charge >= 0.3 is 0 Å². The van der Waals surface area contributed by atoms with E-state index in [0.29, 0.717) is 0 Å². The van der Waals surface area contributed by atoms with Gasteiger partial charge in [-0.3, -0.25) is 0 Å². The van der Waals surface area contributed by atoms with E-state index in [4.69, 9.17) is 0 Å². The van der Waals surface area contributed by atoms with Gasteiger partial charge in [-0.25, -0.2) is 0 Å². The third-order valence-corrected chi connectivity index (χ3v) is 4.63. The van der Waals surface area contributed by atoms with Crippen LogP contribution >= 0.6 is 0 Å². The zero-order valence-electron chi connectivity index (χ0n) is 8.63. The fourth-order valence-corrected chi connectivity index (χ4v) is 3.31. The van der Waals surface area contributed by atoms with E-state index in [9.17, 15) is 0 Å². The molecule has 0 aromatic rings. The van der Waals surface area contributed by atoms with Crippen molar-refractivity contribution in [1.82, 2.24) is 5.32 Å². The first kappa shape index (κ1) is 8.28. The Labute approximate surface area is 81.3 Å². The van der Waals surface area contributed by atoms with Gasteiger partial charge in [0.2, 0.25) is 0 Å². The predicted molar refractivity (Wildman–Crippen MR) is 54.6 cm³/mol. The molecule has 0 saturated heterocycles. The van der Waals surface area contributed by atoms with Crippen molar-refractivity contribution in [2.75, 3.05) is 0 Å². The van der Waals surface area contributed by atoms with Crippen LogP contribution in [0.3, 0.4) is 0 Å². The highest BCUT2D eigenvalue weighted by Gasteiger charge is 2.46. The van der Waals surface area contributed by atoms with Crippen molar-refractivity contribution >= 4 is 0 Å². The molecule has 5 atom stereocenters. The van der Waals surface area contributed by atoms with Crippen LogP contribution in [0.15, 0.2) is 0 Å². The van der Waals surface area contributed by atoms with Gasteiger partial charge in [0.25, 0.3) is 0 Å². The zero-order chi connectivity index (χ0) is 8.84. The first-order valence-corrected chi connectivity index (χ1v) is 6.10. The molecule has 3 saturated carbocycles. The average Bonchev–Trinajstić information content (AvgIpc) is 2.90. The monoisotopic (exact) mass is 179 g/mol. The number of hydrogen-bond acceptors (Lipinski definition) is 1. The summed E-state index contributed by atoms with van der Waals surface area (Å²) >= 11 is 0. The van der Waals surface area contributed by atoms with E-state index in [1.807, 2.05) is 0 Å². The minimum absolute atomic E-state index is 0.879. The number of nitrogens with one attached hydrogen (secondary N) is 1. The molecule has 0 radical (unpaired) electrons. The third kappa shape index (κ3) is 1.41. The molecule has 3 unspecified atom stereocenters. The van der Waals surface area contributed by atoms with Gasteiger partial charge in [-0.2, -0.15) is 0 Å². The Bertz CT molecular complexity index is 201. The van der Waals surface area contributed by atoms with Crippen LogP contribution in [0, 0.1) is 17.8 Å². The van der Waals surface area contributed by atoms with Gasteiger partial charge in [0.15, 0.2) is 0 Å². The van der Waals surface area contributed by atoms with E-state index in [2.05, 4.69) is 12.2 Å². The second kappa shape index (κ2) is 2.98. The molecule has 3 aliphatic rings. The molecule has 13 heavy (non-hydrogen) atoms. The van der Waals surface area contributed by atoms with Crippen LogP contribution in [0.2, 0.25) is 0 Å². The summed E-state index contributed by atoms with van der Waals surface area (Å²) in [6.07, 6.45) is 8.92. The summed E-state index contributed by atoms with van der Waals surface area (Å²) in [7, 11) is 0. The minimum atomic E-state index is 0.879. The van der Waals surface area contributed by atoms with Gasteiger partial charge in [0, 0.05) is 12.1 Å². The lowest BCUT2D eigenvalue weighted by Crippen LogP contribution is -2.49. The molecule has 0 heterocycles. The zero-order valence-corrected chi connectivity index (χ0v) is 8.63. The molecule has 0 aromatic carbocycles. The van der Waals surface area contributed by atoms with Crippen molar-refractivity contribution < 1.29 is 0 Å². The average molecular weight is 179 g/mol. The number of rotatable bonds is 2. The van der Waals surface area contributed by atoms with Crippen LogP contribution < -0.4 is 5.32 Å². The van der Waals surface area contributed by atoms with Crippen LogP contribution in [0.5, 0.6) is 0 Å². The second-order valence-corrected chi connectivity index (χ2v) is 5.52. The Hall–Kier alpha value is -0.0400. The van der Waals surface area contributed by atoms with Gasteiger partial charge in [-0.1, -0.05) is 19.8 Å². The molecule has 74 valence electrons. The topological polar surface area (TPSA) is 12.0 Å². The lowest BCUT2D eigenvalue weighted by molar-refractivity contribution is 0.187. The van der Waals surface area contributed by atoms with E-state index in [0.717, 1.165) is 29.8 Å². The maximum atomic E-state index is 3.90. The maximum absolute atomic E-state index is 3.90. The molecule has 0 aliphatic heterocycles. The molecule has 0 amide bonds. The summed E-state index contributed by atoms with van der Waals surface area (Å²) in [5.41, 5.74) is 0. The predicted octanol–water partition coefficient (Wildman–Crippen LogP) is 2.56. The van der Waals surface area contributed by atoms with Crippen LogP contribution in [0.25, 0.3) is 0 Å². The van der Waals surface area contributed by atoms with Crippen molar-refractivity contribution in [2.24, 2.45) is 17.8 Å². The minimum Gasteiger partial charge on any atom is -0.311 e. The van der Waals surface area contributed by atoms with Crippen molar-refractivity contribution in [1.29, 1.82) is 0 Å². The van der Waals surface area contributed by atoms with Crippen LogP contribution in [-0.2, 0) is 0 Å². The molecule has 0 spiro atoms. The summed E-state index contributed by atoms with van der Waals surface area (Å²) in [6.45, 7) is 2.40. The molecule has 3 rings (SSSR count). The SMILES string of the molecule is CC1CCC1NC1CCC[C@@H]2C[C@H]12. The summed E-state index contributed by atoms with van der Waals surface area (Å²) in [5, 5.41) is 3.90. The van der Waals surface area contributed by atoms with Crippen LogP contribution in [0.4, 0.5) is 0 Å². The van der Waals surface area contributed by atoms with E-state index in [-0.39, 0.29) is 0 Å². The Morgan fingerprint density at radius 3 is 2.62 bits per heavy atom. The highest BCUT2D eigenvalue weighted by Crippen LogP contribution is 2.50. The summed E-state index contributed by atoms with van der Waals surface area (Å²) in [4.78, 5) is 0. The smallest absolute Gasteiger partial charge is 0.0101 e. The highest BCUT2D eigenvalue weighted by atomic mass is 15.0. The molecular weight excluding hydrogens is 158 g/mol. The normalized spacial score (nSPS) is 53.8. The number of fused-ring (bicyclic) bond motifs is 1. The van der Waals surface area contributed by atoms with Crippen LogP contribution in [-0.4, -0.2) is 12.1 Å². The fourth-order valence-electron chi connectivity index (χ4n) is 3.31. The van der Waals surface area contributed by atoms with Crippen molar-refractivity contribution in [3.63, 3.8) is 0 Å². The summed E-state index contributed by atoms with van der Waals surface area (Å²) in [5.74, 6) is 3.17. The first-order valence-electron chi connectivity index (χ1n) is 6.10. The molecule has 1 nitrogen and oxygen atoms in total. The van der Waals surface area contributed by atoms with E-state index < -0.39 is 0 Å². The molecular formula is C12H21N. The molecule has 0 aromatic heterocycles. The first-order chi connectivity index (χ1) is 6.34. The lowest BCUT2D eigenvalue weighted by Gasteiger charge is -2.38. The van der Waals surface area contributed by atoms with E-state index in [1.165, 1.54) is 32.1 Å². The molecule has 0 bridgehead atoms.